The fourth-order valence-corrected chi connectivity index (χ4v) is 3.26. The number of ether oxygens (including phenoxy) is 2. The van der Waals surface area contributed by atoms with Crippen LogP contribution < -0.4 is 10.2 Å². The Labute approximate surface area is 160 Å². The van der Waals surface area contributed by atoms with Crippen molar-refractivity contribution < 1.29 is 14.3 Å². The van der Waals surface area contributed by atoms with Gasteiger partial charge in [-0.3, -0.25) is 4.90 Å². The van der Waals surface area contributed by atoms with E-state index in [2.05, 4.69) is 44.4 Å². The molecule has 1 N–H and O–H groups in total. The molecule has 146 valence electrons. The van der Waals surface area contributed by atoms with Crippen molar-refractivity contribution in [2.24, 2.45) is 4.99 Å². The number of nitrogens with one attached hydrogen (secondary N) is 1. The van der Waals surface area contributed by atoms with E-state index in [1.165, 1.54) is 11.8 Å². The van der Waals surface area contributed by atoms with Crippen molar-refractivity contribution in [2.75, 3.05) is 50.8 Å². The van der Waals surface area contributed by atoms with Crippen LogP contribution in [0.4, 0.5) is 5.69 Å². The Morgan fingerprint density at radius 2 is 2.04 bits per heavy atom. The maximum absolute atomic E-state index is 11.5. The summed E-state index contributed by atoms with van der Waals surface area (Å²) in [6.45, 7) is 9.49. The van der Waals surface area contributed by atoms with Crippen LogP contribution in [0.3, 0.4) is 0 Å². The highest BCUT2D eigenvalue weighted by molar-refractivity contribution is 5.84. The number of aliphatic imine (C=N–C) groups is 1. The zero-order valence-electron chi connectivity index (χ0n) is 16.1. The number of anilines is 1. The number of benzene rings is 1. The lowest BCUT2D eigenvalue weighted by Crippen LogP contribution is -2.49. The quantitative estimate of drug-likeness (QED) is 0.605. The summed E-state index contributed by atoms with van der Waals surface area (Å²) in [7, 11) is 0. The molecule has 1 aromatic carbocycles. The van der Waals surface area contributed by atoms with E-state index in [1.54, 1.807) is 13.8 Å². The predicted molar refractivity (Wildman–Crippen MR) is 106 cm³/mol. The van der Waals surface area contributed by atoms with E-state index in [4.69, 9.17) is 9.47 Å². The molecule has 1 fully saturated rings. The second-order valence-electron chi connectivity index (χ2n) is 6.71. The van der Waals surface area contributed by atoms with E-state index in [0.717, 1.165) is 32.7 Å². The number of amidine groups is 1. The van der Waals surface area contributed by atoms with Gasteiger partial charge in [-0.2, -0.15) is 0 Å². The molecule has 2 heterocycles. The Bertz CT molecular complexity index is 682. The molecule has 1 saturated heterocycles. The fraction of sp³-hybridized carbons (Fsp3) is 0.500. The van der Waals surface area contributed by atoms with Crippen molar-refractivity contribution in [3.8, 4) is 0 Å². The van der Waals surface area contributed by atoms with Crippen molar-refractivity contribution in [3.63, 3.8) is 0 Å². The maximum atomic E-state index is 11.5. The summed E-state index contributed by atoms with van der Waals surface area (Å²) in [5.41, 5.74) is 1.94. The molecule has 1 atom stereocenters. The number of carbonyl (C=O) groups is 1. The first-order valence-electron chi connectivity index (χ1n) is 9.49. The van der Waals surface area contributed by atoms with Gasteiger partial charge in [0.1, 0.15) is 6.10 Å². The van der Waals surface area contributed by atoms with Crippen LogP contribution in [0.2, 0.25) is 0 Å². The van der Waals surface area contributed by atoms with Gasteiger partial charge < -0.3 is 19.7 Å². The van der Waals surface area contributed by atoms with Crippen LogP contribution in [-0.4, -0.2) is 68.9 Å². The van der Waals surface area contributed by atoms with Gasteiger partial charge in [0, 0.05) is 50.2 Å². The van der Waals surface area contributed by atoms with Crippen molar-refractivity contribution >= 4 is 17.7 Å². The van der Waals surface area contributed by atoms with E-state index in [9.17, 15) is 4.79 Å². The Kier molecular flexibility index (Phi) is 6.70. The molecule has 0 amide bonds. The third-order valence-electron chi connectivity index (χ3n) is 4.60. The largest absolute Gasteiger partial charge is 0.463 e. The van der Waals surface area contributed by atoms with Crippen molar-refractivity contribution in [1.82, 2.24) is 10.2 Å². The number of piperazine rings is 1. The van der Waals surface area contributed by atoms with Gasteiger partial charge in [0.15, 0.2) is 0 Å². The Morgan fingerprint density at radius 1 is 1.30 bits per heavy atom. The van der Waals surface area contributed by atoms with Gasteiger partial charge in [-0.05, 0) is 26.0 Å². The van der Waals surface area contributed by atoms with Crippen LogP contribution in [-0.2, 0) is 14.3 Å². The number of carbonyl (C=O) groups excluding carboxylic acids is 1. The highest BCUT2D eigenvalue weighted by atomic mass is 16.5. The van der Waals surface area contributed by atoms with Gasteiger partial charge in [0.05, 0.1) is 13.2 Å². The molecule has 0 bridgehead atoms. The molecule has 1 unspecified atom stereocenters. The van der Waals surface area contributed by atoms with Gasteiger partial charge in [0.25, 0.3) is 6.02 Å². The van der Waals surface area contributed by atoms with E-state index < -0.39 is 0 Å². The molecule has 1 aromatic rings. The zero-order chi connectivity index (χ0) is 19.1. The highest BCUT2D eigenvalue weighted by Crippen LogP contribution is 2.16. The predicted octanol–water partition coefficient (Wildman–Crippen LogP) is 1.62. The van der Waals surface area contributed by atoms with Gasteiger partial charge in [-0.1, -0.05) is 18.2 Å². The molecule has 2 aliphatic heterocycles. The molecule has 0 spiro atoms. The summed E-state index contributed by atoms with van der Waals surface area (Å²) in [6, 6.07) is 11.0. The fourth-order valence-electron chi connectivity index (χ4n) is 3.26. The number of hydrogen-bond donors (Lipinski definition) is 1. The molecular weight excluding hydrogens is 344 g/mol. The summed E-state index contributed by atoms with van der Waals surface area (Å²) in [5, 5.41) is 3.03. The smallest absolute Gasteiger partial charge is 0.332 e. The zero-order valence-corrected chi connectivity index (χ0v) is 16.1. The first kappa shape index (κ1) is 19.2. The standard InChI is InChI=1S/C20H28N4O3/c1-3-26-19(25)13-16(2)22-20-21-14-18(27-20)15-23-9-11-24(12-10-23)17-7-5-4-6-8-17/h4-8,13,18H,3,9-12,14-15H2,1-2H3,(H,21,22)/b16-13+. The minimum Gasteiger partial charge on any atom is -0.463 e. The Balaban J connectivity index is 1.39. The van der Waals surface area contributed by atoms with Crippen LogP contribution in [0.5, 0.6) is 0 Å². The topological polar surface area (TPSA) is 66.4 Å². The number of hydrogen-bond acceptors (Lipinski definition) is 7. The molecule has 27 heavy (non-hydrogen) atoms. The molecule has 0 aliphatic carbocycles. The second-order valence-corrected chi connectivity index (χ2v) is 6.71. The van der Waals surface area contributed by atoms with Gasteiger partial charge in [-0.15, -0.1) is 0 Å². The lowest BCUT2D eigenvalue weighted by atomic mass is 10.2. The third-order valence-corrected chi connectivity index (χ3v) is 4.60. The van der Waals surface area contributed by atoms with Crippen molar-refractivity contribution in [1.29, 1.82) is 0 Å². The number of para-hydroxylation sites is 1. The average Bonchev–Trinajstić information content (AvgIpc) is 3.09. The Hall–Kier alpha value is -2.54. The molecule has 7 heteroatoms. The summed E-state index contributed by atoms with van der Waals surface area (Å²) in [6.07, 6.45) is 1.46. The van der Waals surface area contributed by atoms with Gasteiger partial charge in [0.2, 0.25) is 0 Å². The van der Waals surface area contributed by atoms with Crippen LogP contribution in [0.15, 0.2) is 47.1 Å². The monoisotopic (exact) mass is 372 g/mol. The minimum atomic E-state index is -0.367. The van der Waals surface area contributed by atoms with E-state index in [0.29, 0.717) is 24.9 Å². The number of allylic oxidation sites excluding steroid dienone is 1. The van der Waals surface area contributed by atoms with Crippen LogP contribution in [0.25, 0.3) is 0 Å². The molecular formula is C20H28N4O3. The SMILES string of the molecule is CCOC(=O)/C=C(\C)NC1=NCC(CN2CCN(c3ccccc3)CC2)O1. The molecule has 2 aliphatic rings. The number of rotatable bonds is 6. The van der Waals surface area contributed by atoms with Gasteiger partial charge >= 0.3 is 5.97 Å². The molecule has 3 rings (SSSR count). The van der Waals surface area contributed by atoms with Crippen LogP contribution >= 0.6 is 0 Å². The van der Waals surface area contributed by atoms with E-state index in [-0.39, 0.29) is 12.1 Å². The first-order chi connectivity index (χ1) is 13.1. The normalized spacial score (nSPS) is 20.8. The average molecular weight is 372 g/mol. The minimum absolute atomic E-state index is 0.0474. The van der Waals surface area contributed by atoms with Crippen molar-refractivity contribution in [2.45, 2.75) is 20.0 Å². The summed E-state index contributed by atoms with van der Waals surface area (Å²) < 4.78 is 10.8. The molecule has 0 radical (unpaired) electrons. The summed E-state index contributed by atoms with van der Waals surface area (Å²) >= 11 is 0. The first-order valence-corrected chi connectivity index (χ1v) is 9.49. The number of esters is 1. The van der Waals surface area contributed by atoms with Gasteiger partial charge in [-0.25, -0.2) is 9.79 Å². The molecule has 0 saturated carbocycles. The summed E-state index contributed by atoms with van der Waals surface area (Å²) in [4.78, 5) is 20.7. The van der Waals surface area contributed by atoms with E-state index >= 15 is 0 Å². The van der Waals surface area contributed by atoms with E-state index in [1.807, 2.05) is 6.07 Å². The molecule has 0 aromatic heterocycles. The Morgan fingerprint density at radius 3 is 2.74 bits per heavy atom. The molecule has 7 nitrogen and oxygen atoms in total. The second kappa shape index (κ2) is 9.41. The summed E-state index contributed by atoms with van der Waals surface area (Å²) in [5.74, 6) is -0.367. The number of nitrogens with zero attached hydrogens (tertiary/aromatic N) is 3. The maximum Gasteiger partial charge on any atom is 0.332 e. The lowest BCUT2D eigenvalue weighted by molar-refractivity contribution is -0.137. The third kappa shape index (κ3) is 5.72. The lowest BCUT2D eigenvalue weighted by Gasteiger charge is -2.36. The van der Waals surface area contributed by atoms with Crippen LogP contribution in [0.1, 0.15) is 13.8 Å². The van der Waals surface area contributed by atoms with Crippen molar-refractivity contribution in [3.05, 3.63) is 42.1 Å². The van der Waals surface area contributed by atoms with Crippen LogP contribution in [0, 0.1) is 0 Å². The highest BCUT2D eigenvalue weighted by Gasteiger charge is 2.25.